The van der Waals surface area contributed by atoms with Crippen LogP contribution in [-0.2, 0) is 13.3 Å². The molecule has 0 bridgehead atoms. The van der Waals surface area contributed by atoms with Crippen LogP contribution in [0.2, 0.25) is 6.04 Å². The van der Waals surface area contributed by atoms with Gasteiger partial charge in [0.05, 0.1) is 0 Å². The highest BCUT2D eigenvalue weighted by atomic mass is 28.4. The Morgan fingerprint density at radius 3 is 1.83 bits per heavy atom. The molecule has 0 fully saturated rings. The van der Waals surface area contributed by atoms with Crippen molar-refractivity contribution in [2.75, 3.05) is 27.9 Å². The average molecular weight is 194 g/mol. The summed E-state index contributed by atoms with van der Waals surface area (Å²) in [4.78, 5) is 0. The molecule has 0 aromatic carbocycles. The topological polar surface area (TPSA) is 47.9 Å². The van der Waals surface area contributed by atoms with Crippen molar-refractivity contribution in [2.24, 2.45) is 0 Å². The number of aliphatic hydroxyl groups is 1. The van der Waals surface area contributed by atoms with Gasteiger partial charge in [-0.2, -0.15) is 0 Å². The number of hydrogen-bond donors (Lipinski definition) is 1. The van der Waals surface area contributed by atoms with Crippen LogP contribution in [0.5, 0.6) is 0 Å². The van der Waals surface area contributed by atoms with Gasteiger partial charge in [-0.3, -0.25) is 0 Å². The van der Waals surface area contributed by atoms with E-state index in [4.69, 9.17) is 18.4 Å². The second kappa shape index (κ2) is 6.56. The van der Waals surface area contributed by atoms with Crippen molar-refractivity contribution in [1.29, 1.82) is 0 Å². The molecule has 0 heterocycles. The Morgan fingerprint density at radius 1 is 1.00 bits per heavy atom. The molecule has 0 aromatic heterocycles. The van der Waals surface area contributed by atoms with Crippen molar-refractivity contribution in [3.8, 4) is 0 Å². The van der Waals surface area contributed by atoms with Crippen molar-refractivity contribution in [2.45, 2.75) is 18.9 Å². The zero-order valence-electron chi connectivity index (χ0n) is 8.00. The van der Waals surface area contributed by atoms with Crippen molar-refractivity contribution in [1.82, 2.24) is 0 Å². The van der Waals surface area contributed by atoms with Gasteiger partial charge in [-0.25, -0.2) is 0 Å². The maximum atomic E-state index is 8.57. The van der Waals surface area contributed by atoms with Gasteiger partial charge in [0.1, 0.15) is 0 Å². The Hall–Kier alpha value is 0.0569. The Morgan fingerprint density at radius 2 is 1.50 bits per heavy atom. The second-order valence-corrected chi connectivity index (χ2v) is 5.57. The minimum Gasteiger partial charge on any atom is -0.396 e. The van der Waals surface area contributed by atoms with Crippen molar-refractivity contribution in [3.05, 3.63) is 0 Å². The standard InChI is InChI=1S/C7H18O4Si/c1-9-12(10-2,11-3)7-5-4-6-8/h8H,4-7H2,1-3H3. The highest BCUT2D eigenvalue weighted by molar-refractivity contribution is 6.60. The minimum atomic E-state index is -2.37. The molecular formula is C7H18O4Si. The third kappa shape index (κ3) is 3.64. The fourth-order valence-corrected chi connectivity index (χ4v) is 2.80. The predicted molar refractivity (Wildman–Crippen MR) is 47.9 cm³/mol. The van der Waals surface area contributed by atoms with E-state index < -0.39 is 8.80 Å². The first-order chi connectivity index (χ1) is 5.74. The molecule has 4 nitrogen and oxygen atoms in total. The van der Waals surface area contributed by atoms with E-state index in [1.165, 1.54) is 0 Å². The summed E-state index contributed by atoms with van der Waals surface area (Å²) >= 11 is 0. The predicted octanol–water partition coefficient (Wildman–Crippen LogP) is 0.637. The summed E-state index contributed by atoms with van der Waals surface area (Å²) < 4.78 is 15.6. The summed E-state index contributed by atoms with van der Waals surface area (Å²) in [6.07, 6.45) is 1.64. The number of hydrogen-bond acceptors (Lipinski definition) is 4. The smallest absolute Gasteiger partial charge is 0.396 e. The summed E-state index contributed by atoms with van der Waals surface area (Å²) in [6, 6.07) is 0.761. The normalized spacial score (nSPS) is 12.0. The number of rotatable bonds is 7. The molecule has 0 rings (SSSR count). The molecule has 1 N–H and O–H groups in total. The zero-order valence-corrected chi connectivity index (χ0v) is 9.00. The van der Waals surface area contributed by atoms with Crippen LogP contribution in [-0.4, -0.2) is 41.8 Å². The highest BCUT2D eigenvalue weighted by Crippen LogP contribution is 2.15. The first kappa shape index (κ1) is 12.1. The quantitative estimate of drug-likeness (QED) is 0.477. The van der Waals surface area contributed by atoms with Crippen molar-refractivity contribution in [3.63, 3.8) is 0 Å². The maximum absolute atomic E-state index is 8.57. The van der Waals surface area contributed by atoms with Crippen LogP contribution >= 0.6 is 0 Å². The van der Waals surface area contributed by atoms with E-state index >= 15 is 0 Å². The lowest BCUT2D eigenvalue weighted by atomic mass is 10.4. The Bertz CT molecular complexity index is 97.3. The molecule has 0 aromatic rings. The lowest BCUT2D eigenvalue weighted by Crippen LogP contribution is -2.42. The van der Waals surface area contributed by atoms with Gasteiger partial charge in [-0.05, 0) is 12.8 Å². The highest BCUT2D eigenvalue weighted by Gasteiger charge is 2.36. The van der Waals surface area contributed by atoms with E-state index in [1.54, 1.807) is 21.3 Å². The molecule has 0 aliphatic carbocycles. The molecule has 0 unspecified atom stereocenters. The molecule has 12 heavy (non-hydrogen) atoms. The minimum absolute atomic E-state index is 0.210. The van der Waals surface area contributed by atoms with Gasteiger partial charge in [-0.15, -0.1) is 0 Å². The van der Waals surface area contributed by atoms with E-state index in [-0.39, 0.29) is 6.61 Å². The van der Waals surface area contributed by atoms with Crippen LogP contribution in [0.15, 0.2) is 0 Å². The lowest BCUT2D eigenvalue weighted by molar-refractivity contribution is 0.122. The number of aliphatic hydroxyl groups excluding tert-OH is 1. The van der Waals surface area contributed by atoms with E-state index in [0.717, 1.165) is 18.9 Å². The summed E-state index contributed by atoms with van der Waals surface area (Å²) in [5.74, 6) is 0. The molecule has 0 aliphatic rings. The van der Waals surface area contributed by atoms with Crippen LogP contribution in [0.25, 0.3) is 0 Å². The van der Waals surface area contributed by atoms with Crippen LogP contribution in [0, 0.1) is 0 Å². The largest absolute Gasteiger partial charge is 0.500 e. The molecule has 0 spiro atoms. The van der Waals surface area contributed by atoms with Gasteiger partial charge in [0.25, 0.3) is 0 Å². The van der Waals surface area contributed by atoms with Crippen LogP contribution in [0.3, 0.4) is 0 Å². The van der Waals surface area contributed by atoms with Gasteiger partial charge in [0.15, 0.2) is 0 Å². The Labute approximate surface area is 74.8 Å². The average Bonchev–Trinajstić information content (AvgIpc) is 2.14. The van der Waals surface area contributed by atoms with Crippen LogP contribution in [0.1, 0.15) is 12.8 Å². The first-order valence-corrected chi connectivity index (χ1v) is 5.94. The third-order valence-electron chi connectivity index (χ3n) is 1.82. The fraction of sp³-hybridized carbons (Fsp3) is 1.00. The van der Waals surface area contributed by atoms with Gasteiger partial charge in [0.2, 0.25) is 0 Å². The van der Waals surface area contributed by atoms with Gasteiger partial charge in [-0.1, -0.05) is 0 Å². The molecular weight excluding hydrogens is 176 g/mol. The zero-order chi connectivity index (χ0) is 9.45. The third-order valence-corrected chi connectivity index (χ3v) is 4.66. The SMILES string of the molecule is CO[Si](CCCCO)(OC)OC. The molecule has 0 amide bonds. The summed E-state index contributed by atoms with van der Waals surface area (Å²) in [5, 5.41) is 8.57. The molecule has 0 aliphatic heterocycles. The summed E-state index contributed by atoms with van der Waals surface area (Å²) in [7, 11) is 2.42. The van der Waals surface area contributed by atoms with Crippen LogP contribution < -0.4 is 0 Å². The van der Waals surface area contributed by atoms with Gasteiger partial charge in [0, 0.05) is 34.0 Å². The second-order valence-electron chi connectivity index (χ2n) is 2.48. The molecule has 0 saturated carbocycles. The fourth-order valence-electron chi connectivity index (χ4n) is 1.01. The van der Waals surface area contributed by atoms with E-state index in [1.807, 2.05) is 0 Å². The Kier molecular flexibility index (Phi) is 6.59. The molecule has 0 radical (unpaired) electrons. The molecule has 74 valence electrons. The van der Waals surface area contributed by atoms with E-state index in [0.29, 0.717) is 0 Å². The molecule has 5 heteroatoms. The first-order valence-electron chi connectivity index (χ1n) is 4.01. The van der Waals surface area contributed by atoms with E-state index in [2.05, 4.69) is 0 Å². The monoisotopic (exact) mass is 194 g/mol. The lowest BCUT2D eigenvalue weighted by Gasteiger charge is -2.23. The van der Waals surface area contributed by atoms with Crippen LogP contribution in [0.4, 0.5) is 0 Å². The van der Waals surface area contributed by atoms with Crippen molar-refractivity contribution >= 4 is 8.80 Å². The van der Waals surface area contributed by atoms with E-state index in [9.17, 15) is 0 Å². The van der Waals surface area contributed by atoms with Crippen molar-refractivity contribution < 1.29 is 18.4 Å². The molecule has 0 atom stereocenters. The van der Waals surface area contributed by atoms with Gasteiger partial charge >= 0.3 is 8.80 Å². The maximum Gasteiger partial charge on any atom is 0.500 e. The summed E-state index contributed by atoms with van der Waals surface area (Å²) in [6.45, 7) is 0.210. The number of unbranched alkanes of at least 4 members (excludes halogenated alkanes) is 1. The molecule has 0 saturated heterocycles. The van der Waals surface area contributed by atoms with Gasteiger partial charge < -0.3 is 18.4 Å². The Balaban J connectivity index is 3.76. The summed E-state index contributed by atoms with van der Waals surface area (Å²) in [5.41, 5.74) is 0.